The highest BCUT2D eigenvalue weighted by Crippen LogP contribution is 2.39. The summed E-state index contributed by atoms with van der Waals surface area (Å²) < 4.78 is 19.6. The van der Waals surface area contributed by atoms with Crippen molar-refractivity contribution >= 4 is 15.9 Å². The van der Waals surface area contributed by atoms with E-state index in [-0.39, 0.29) is 5.82 Å². The standard InChI is InChI=1S/C14H7BrFNO/c15-12-4-9-7-18-14-3-8(6-17)1-2-10(14)11(9)5-13(12)16/h1-5H,7H2. The molecule has 1 aliphatic heterocycles. The van der Waals surface area contributed by atoms with Crippen molar-refractivity contribution in [1.82, 2.24) is 0 Å². The minimum Gasteiger partial charge on any atom is -0.488 e. The molecule has 1 aliphatic rings. The van der Waals surface area contributed by atoms with Crippen molar-refractivity contribution in [3.63, 3.8) is 0 Å². The quantitative estimate of drug-likeness (QED) is 0.736. The van der Waals surface area contributed by atoms with E-state index in [0.717, 1.165) is 16.7 Å². The Labute approximate surface area is 112 Å². The van der Waals surface area contributed by atoms with Crippen molar-refractivity contribution in [3.8, 4) is 22.9 Å². The largest absolute Gasteiger partial charge is 0.488 e. The van der Waals surface area contributed by atoms with Crippen molar-refractivity contribution in [2.75, 3.05) is 0 Å². The van der Waals surface area contributed by atoms with Crippen molar-refractivity contribution in [1.29, 1.82) is 5.26 Å². The van der Waals surface area contributed by atoms with E-state index in [4.69, 9.17) is 10.00 Å². The molecule has 0 unspecified atom stereocenters. The van der Waals surface area contributed by atoms with Gasteiger partial charge in [-0.15, -0.1) is 0 Å². The van der Waals surface area contributed by atoms with Crippen LogP contribution in [0.1, 0.15) is 11.1 Å². The van der Waals surface area contributed by atoms with Crippen LogP contribution in [-0.2, 0) is 6.61 Å². The summed E-state index contributed by atoms with van der Waals surface area (Å²) in [6.07, 6.45) is 0. The van der Waals surface area contributed by atoms with Gasteiger partial charge in [0.2, 0.25) is 0 Å². The maximum absolute atomic E-state index is 13.6. The molecule has 18 heavy (non-hydrogen) atoms. The van der Waals surface area contributed by atoms with Crippen LogP contribution in [0.4, 0.5) is 4.39 Å². The molecule has 0 fully saturated rings. The van der Waals surface area contributed by atoms with Crippen LogP contribution >= 0.6 is 15.9 Å². The minimum absolute atomic E-state index is 0.300. The molecule has 0 atom stereocenters. The molecule has 1 heterocycles. The zero-order valence-electron chi connectivity index (χ0n) is 9.21. The first-order valence-electron chi connectivity index (χ1n) is 5.34. The van der Waals surface area contributed by atoms with E-state index < -0.39 is 0 Å². The van der Waals surface area contributed by atoms with Crippen LogP contribution in [0.25, 0.3) is 11.1 Å². The van der Waals surface area contributed by atoms with Gasteiger partial charge in [0, 0.05) is 5.56 Å². The molecule has 0 radical (unpaired) electrons. The van der Waals surface area contributed by atoms with E-state index in [2.05, 4.69) is 22.0 Å². The summed E-state index contributed by atoms with van der Waals surface area (Å²) in [5, 5.41) is 8.84. The molecule has 3 rings (SSSR count). The smallest absolute Gasteiger partial charge is 0.138 e. The molecule has 2 aromatic rings. The van der Waals surface area contributed by atoms with Crippen LogP contribution in [0.3, 0.4) is 0 Å². The van der Waals surface area contributed by atoms with Gasteiger partial charge >= 0.3 is 0 Å². The van der Waals surface area contributed by atoms with Gasteiger partial charge in [0.25, 0.3) is 0 Å². The molecular formula is C14H7BrFNO. The Bertz CT molecular complexity index is 691. The topological polar surface area (TPSA) is 33.0 Å². The molecular weight excluding hydrogens is 297 g/mol. The van der Waals surface area contributed by atoms with Crippen LogP contribution in [-0.4, -0.2) is 0 Å². The zero-order valence-corrected chi connectivity index (χ0v) is 10.8. The van der Waals surface area contributed by atoms with Gasteiger partial charge in [-0.2, -0.15) is 5.26 Å². The first kappa shape index (κ1) is 11.2. The Morgan fingerprint density at radius 3 is 2.83 bits per heavy atom. The molecule has 0 aromatic heterocycles. The molecule has 0 bridgehead atoms. The van der Waals surface area contributed by atoms with E-state index >= 15 is 0 Å². The fourth-order valence-electron chi connectivity index (χ4n) is 2.05. The fourth-order valence-corrected chi connectivity index (χ4v) is 2.44. The number of ether oxygens (including phenoxy) is 1. The van der Waals surface area contributed by atoms with E-state index in [0.29, 0.717) is 22.4 Å². The normalized spacial score (nSPS) is 12.1. The lowest BCUT2D eigenvalue weighted by molar-refractivity contribution is 0.302. The number of hydrogen-bond acceptors (Lipinski definition) is 2. The van der Waals surface area contributed by atoms with E-state index in [1.165, 1.54) is 6.07 Å². The monoisotopic (exact) mass is 303 g/mol. The molecule has 88 valence electrons. The second kappa shape index (κ2) is 4.11. The first-order valence-corrected chi connectivity index (χ1v) is 6.13. The van der Waals surface area contributed by atoms with Gasteiger partial charge in [0.05, 0.1) is 16.1 Å². The van der Waals surface area contributed by atoms with Gasteiger partial charge in [-0.3, -0.25) is 0 Å². The molecule has 0 amide bonds. The Morgan fingerprint density at radius 2 is 2.06 bits per heavy atom. The minimum atomic E-state index is -0.300. The number of nitrogens with zero attached hydrogens (tertiary/aromatic N) is 1. The number of halogens is 2. The molecule has 0 N–H and O–H groups in total. The van der Waals surface area contributed by atoms with Crippen molar-refractivity contribution in [2.24, 2.45) is 0 Å². The van der Waals surface area contributed by atoms with Crippen molar-refractivity contribution in [3.05, 3.63) is 51.7 Å². The van der Waals surface area contributed by atoms with Crippen LogP contribution in [0.15, 0.2) is 34.8 Å². The Morgan fingerprint density at radius 1 is 1.22 bits per heavy atom. The Hall–Kier alpha value is -1.86. The maximum atomic E-state index is 13.6. The van der Waals surface area contributed by atoms with Crippen LogP contribution in [0.2, 0.25) is 0 Å². The van der Waals surface area contributed by atoms with Crippen LogP contribution in [0, 0.1) is 17.1 Å². The second-order valence-corrected chi connectivity index (χ2v) is 4.89. The number of benzene rings is 2. The van der Waals surface area contributed by atoms with Gasteiger partial charge < -0.3 is 4.74 Å². The molecule has 0 saturated carbocycles. The second-order valence-electron chi connectivity index (χ2n) is 4.03. The summed E-state index contributed by atoms with van der Waals surface area (Å²) in [7, 11) is 0. The lowest BCUT2D eigenvalue weighted by atomic mass is 9.96. The molecule has 0 aliphatic carbocycles. The predicted octanol–water partition coefficient (Wildman–Crippen LogP) is 4.02. The number of rotatable bonds is 0. The fraction of sp³-hybridized carbons (Fsp3) is 0.0714. The Balaban J connectivity index is 2.23. The highest BCUT2D eigenvalue weighted by molar-refractivity contribution is 9.10. The molecule has 0 saturated heterocycles. The van der Waals surface area contributed by atoms with Gasteiger partial charge in [0.1, 0.15) is 18.2 Å². The molecule has 0 spiro atoms. The highest BCUT2D eigenvalue weighted by atomic mass is 79.9. The summed E-state index contributed by atoms with van der Waals surface area (Å²) >= 11 is 3.16. The third-order valence-electron chi connectivity index (χ3n) is 2.93. The lowest BCUT2D eigenvalue weighted by Gasteiger charge is -2.21. The van der Waals surface area contributed by atoms with Crippen molar-refractivity contribution < 1.29 is 9.13 Å². The van der Waals surface area contributed by atoms with E-state index in [1.807, 2.05) is 0 Å². The number of hydrogen-bond donors (Lipinski definition) is 0. The number of fused-ring (bicyclic) bond motifs is 3. The highest BCUT2D eigenvalue weighted by Gasteiger charge is 2.19. The maximum Gasteiger partial charge on any atom is 0.138 e. The third kappa shape index (κ3) is 1.68. The summed E-state index contributed by atoms with van der Waals surface area (Å²) in [5.41, 5.74) is 3.11. The molecule has 2 nitrogen and oxygen atoms in total. The Kier molecular flexibility index (Phi) is 2.57. The van der Waals surface area contributed by atoms with Crippen molar-refractivity contribution in [2.45, 2.75) is 6.61 Å². The predicted molar refractivity (Wildman–Crippen MR) is 68.6 cm³/mol. The van der Waals surface area contributed by atoms with Crippen LogP contribution in [0.5, 0.6) is 5.75 Å². The summed E-state index contributed by atoms with van der Waals surface area (Å²) in [6.45, 7) is 0.385. The van der Waals surface area contributed by atoms with Crippen LogP contribution < -0.4 is 4.74 Å². The van der Waals surface area contributed by atoms with Gasteiger partial charge in [-0.25, -0.2) is 4.39 Å². The first-order chi connectivity index (χ1) is 8.69. The molecule has 4 heteroatoms. The average molecular weight is 304 g/mol. The van der Waals surface area contributed by atoms with E-state index in [1.54, 1.807) is 24.3 Å². The average Bonchev–Trinajstić information content (AvgIpc) is 2.39. The zero-order chi connectivity index (χ0) is 12.7. The molecule has 2 aromatic carbocycles. The van der Waals surface area contributed by atoms with Gasteiger partial charge in [-0.05, 0) is 57.4 Å². The third-order valence-corrected chi connectivity index (χ3v) is 3.54. The van der Waals surface area contributed by atoms with Gasteiger partial charge in [-0.1, -0.05) is 0 Å². The SMILES string of the molecule is N#Cc1ccc2c(c1)OCc1cc(Br)c(F)cc1-2. The lowest BCUT2D eigenvalue weighted by Crippen LogP contribution is -2.06. The number of nitriles is 1. The summed E-state index contributed by atoms with van der Waals surface area (Å²) in [5.74, 6) is 0.328. The van der Waals surface area contributed by atoms with Gasteiger partial charge in [0.15, 0.2) is 0 Å². The summed E-state index contributed by atoms with van der Waals surface area (Å²) in [4.78, 5) is 0. The summed E-state index contributed by atoms with van der Waals surface area (Å²) in [6, 6.07) is 10.5. The van der Waals surface area contributed by atoms with E-state index in [9.17, 15) is 4.39 Å².